The lowest BCUT2D eigenvalue weighted by Gasteiger charge is -2.22. The molecule has 8 nitrogen and oxygen atoms in total. The van der Waals surface area contributed by atoms with Crippen molar-refractivity contribution in [2.24, 2.45) is 0 Å². The van der Waals surface area contributed by atoms with Crippen molar-refractivity contribution in [1.29, 1.82) is 0 Å². The van der Waals surface area contributed by atoms with Crippen LogP contribution >= 0.6 is 12.4 Å². The normalized spacial score (nSPS) is 16.8. The number of nitrogens with zero attached hydrogens (tertiary/aromatic N) is 1. The largest absolute Gasteiger partial charge is 0.379 e. The lowest BCUT2D eigenvalue weighted by atomic mass is 10.2. The van der Waals surface area contributed by atoms with Crippen molar-refractivity contribution < 1.29 is 14.5 Å². The third-order valence-electron chi connectivity index (χ3n) is 3.54. The number of nitrogens with one attached hydrogen (secondary N) is 3. The number of ether oxygens (including phenoxy) is 1. The summed E-state index contributed by atoms with van der Waals surface area (Å²) in [6, 6.07) is 5.07. The fraction of sp³-hybridized carbons (Fsp3) is 0.533. The molecule has 3 N–H and O–H groups in total. The maximum absolute atomic E-state index is 11.8. The molecule has 1 amide bonds. The molecule has 0 aromatic heterocycles. The number of aryl methyl sites for hydroxylation is 1. The highest BCUT2D eigenvalue weighted by molar-refractivity contribution is 5.85. The number of halogens is 1. The van der Waals surface area contributed by atoms with Crippen molar-refractivity contribution >= 4 is 29.7 Å². The van der Waals surface area contributed by atoms with Gasteiger partial charge in [-0.25, -0.2) is 0 Å². The molecule has 24 heavy (non-hydrogen) atoms. The zero-order valence-corrected chi connectivity index (χ0v) is 14.4. The fourth-order valence-electron chi connectivity index (χ4n) is 2.31. The van der Waals surface area contributed by atoms with Gasteiger partial charge in [-0.3, -0.25) is 14.9 Å². The standard InChI is InChI=1S/C15H22N4O4.ClH/c1-11-3-4-12(13(9-11)19(21)22)17-5-2-6-18-15(20)14-10-16-7-8-23-14;/h3-4,9,14,16-17H,2,5-8,10H2,1H3,(H,18,20);1H. The number of anilines is 1. The summed E-state index contributed by atoms with van der Waals surface area (Å²) in [6.45, 7) is 4.67. The van der Waals surface area contributed by atoms with Gasteiger partial charge < -0.3 is 20.7 Å². The van der Waals surface area contributed by atoms with E-state index >= 15 is 0 Å². The van der Waals surface area contributed by atoms with Crippen LogP contribution in [0.1, 0.15) is 12.0 Å². The van der Waals surface area contributed by atoms with Gasteiger partial charge in [-0.15, -0.1) is 12.4 Å². The monoisotopic (exact) mass is 358 g/mol. The van der Waals surface area contributed by atoms with Gasteiger partial charge in [-0.2, -0.15) is 0 Å². The number of nitro groups is 1. The molecule has 2 rings (SSSR count). The van der Waals surface area contributed by atoms with Crippen molar-refractivity contribution in [3.05, 3.63) is 33.9 Å². The van der Waals surface area contributed by atoms with Crippen LogP contribution in [-0.4, -0.2) is 49.7 Å². The Hall–Kier alpha value is -1.90. The highest BCUT2D eigenvalue weighted by atomic mass is 35.5. The summed E-state index contributed by atoms with van der Waals surface area (Å²) >= 11 is 0. The van der Waals surface area contributed by atoms with Crippen LogP contribution < -0.4 is 16.0 Å². The maximum Gasteiger partial charge on any atom is 0.292 e. The molecular weight excluding hydrogens is 336 g/mol. The van der Waals surface area contributed by atoms with Gasteiger partial charge in [0.1, 0.15) is 11.8 Å². The second-order valence-electron chi connectivity index (χ2n) is 5.41. The van der Waals surface area contributed by atoms with Crippen LogP contribution in [0.5, 0.6) is 0 Å². The Morgan fingerprint density at radius 3 is 2.92 bits per heavy atom. The molecule has 1 heterocycles. The third-order valence-corrected chi connectivity index (χ3v) is 3.54. The molecule has 1 unspecified atom stereocenters. The van der Waals surface area contributed by atoms with Gasteiger partial charge in [0.15, 0.2) is 0 Å². The van der Waals surface area contributed by atoms with E-state index in [1.807, 2.05) is 13.0 Å². The molecule has 1 atom stereocenters. The molecule has 1 aliphatic rings. The molecule has 1 saturated heterocycles. The minimum absolute atomic E-state index is 0. The van der Waals surface area contributed by atoms with Crippen molar-refractivity contribution in [2.45, 2.75) is 19.4 Å². The second kappa shape index (κ2) is 10.1. The smallest absolute Gasteiger partial charge is 0.292 e. The molecule has 1 fully saturated rings. The highest BCUT2D eigenvalue weighted by Crippen LogP contribution is 2.24. The van der Waals surface area contributed by atoms with E-state index < -0.39 is 11.0 Å². The molecule has 1 aliphatic heterocycles. The van der Waals surface area contributed by atoms with Crippen LogP contribution in [0.15, 0.2) is 18.2 Å². The summed E-state index contributed by atoms with van der Waals surface area (Å²) in [5.74, 6) is -0.126. The first kappa shape index (κ1) is 20.1. The van der Waals surface area contributed by atoms with Crippen LogP contribution in [0.4, 0.5) is 11.4 Å². The molecule has 0 bridgehead atoms. The Balaban J connectivity index is 0.00000288. The van der Waals surface area contributed by atoms with E-state index in [1.54, 1.807) is 6.07 Å². The average molecular weight is 359 g/mol. The van der Waals surface area contributed by atoms with Crippen molar-refractivity contribution in [2.75, 3.05) is 38.1 Å². The van der Waals surface area contributed by atoms with Crippen molar-refractivity contribution in [1.82, 2.24) is 10.6 Å². The van der Waals surface area contributed by atoms with E-state index in [0.717, 1.165) is 12.1 Å². The fourth-order valence-corrected chi connectivity index (χ4v) is 2.31. The van der Waals surface area contributed by atoms with E-state index in [9.17, 15) is 14.9 Å². The molecule has 9 heteroatoms. The third kappa shape index (κ3) is 5.95. The lowest BCUT2D eigenvalue weighted by molar-refractivity contribution is -0.384. The first-order chi connectivity index (χ1) is 11.1. The Morgan fingerprint density at radius 1 is 1.46 bits per heavy atom. The molecule has 1 aromatic rings. The van der Waals surface area contributed by atoms with Gasteiger partial charge in [0.05, 0.1) is 11.5 Å². The molecule has 134 valence electrons. The Kier molecular flexibility index (Phi) is 8.45. The van der Waals surface area contributed by atoms with Crippen LogP contribution in [0.2, 0.25) is 0 Å². The van der Waals surface area contributed by atoms with Crippen LogP contribution in [0.25, 0.3) is 0 Å². The Bertz CT molecular complexity index is 564. The highest BCUT2D eigenvalue weighted by Gasteiger charge is 2.20. The number of nitro benzene ring substituents is 1. The van der Waals surface area contributed by atoms with Crippen LogP contribution in [0.3, 0.4) is 0 Å². The average Bonchev–Trinajstić information content (AvgIpc) is 2.56. The van der Waals surface area contributed by atoms with E-state index in [2.05, 4.69) is 16.0 Å². The topological polar surface area (TPSA) is 106 Å². The Morgan fingerprint density at radius 2 is 2.25 bits per heavy atom. The number of rotatable bonds is 7. The van der Waals surface area contributed by atoms with E-state index in [-0.39, 0.29) is 24.0 Å². The maximum atomic E-state index is 11.8. The van der Waals surface area contributed by atoms with Crippen LogP contribution in [-0.2, 0) is 9.53 Å². The van der Waals surface area contributed by atoms with Gasteiger partial charge in [-0.05, 0) is 25.0 Å². The molecular formula is C15H23ClN4O4. The molecule has 0 saturated carbocycles. The first-order valence-electron chi connectivity index (χ1n) is 7.67. The zero-order valence-electron chi connectivity index (χ0n) is 13.5. The predicted octanol–water partition coefficient (Wildman–Crippen LogP) is 1.23. The number of benzene rings is 1. The molecule has 1 aromatic carbocycles. The number of carbonyl (C=O) groups is 1. The zero-order chi connectivity index (χ0) is 16.7. The van der Waals surface area contributed by atoms with E-state index in [0.29, 0.717) is 38.3 Å². The quantitative estimate of drug-likeness (QED) is 0.384. The first-order valence-corrected chi connectivity index (χ1v) is 7.67. The number of hydrogen-bond donors (Lipinski definition) is 3. The number of morpholine rings is 1. The van der Waals surface area contributed by atoms with Gasteiger partial charge in [0.25, 0.3) is 5.69 Å². The van der Waals surface area contributed by atoms with Gasteiger partial charge in [0, 0.05) is 32.2 Å². The van der Waals surface area contributed by atoms with E-state index in [1.165, 1.54) is 6.07 Å². The summed E-state index contributed by atoms with van der Waals surface area (Å²) in [5, 5.41) is 20.0. The minimum Gasteiger partial charge on any atom is -0.379 e. The summed E-state index contributed by atoms with van der Waals surface area (Å²) in [7, 11) is 0. The van der Waals surface area contributed by atoms with Crippen molar-refractivity contribution in [3.8, 4) is 0 Å². The second-order valence-corrected chi connectivity index (χ2v) is 5.41. The van der Waals surface area contributed by atoms with Gasteiger partial charge in [0.2, 0.25) is 5.91 Å². The number of amides is 1. The van der Waals surface area contributed by atoms with Crippen LogP contribution in [0, 0.1) is 17.0 Å². The Labute approximate surface area is 146 Å². The molecule has 0 radical (unpaired) electrons. The summed E-state index contributed by atoms with van der Waals surface area (Å²) < 4.78 is 5.35. The number of carbonyl (C=O) groups excluding carboxylic acids is 1. The minimum atomic E-state index is -0.435. The van der Waals surface area contributed by atoms with Gasteiger partial charge in [-0.1, -0.05) is 6.07 Å². The summed E-state index contributed by atoms with van der Waals surface area (Å²) in [4.78, 5) is 22.4. The van der Waals surface area contributed by atoms with Crippen molar-refractivity contribution in [3.63, 3.8) is 0 Å². The molecule has 0 aliphatic carbocycles. The number of hydrogen-bond acceptors (Lipinski definition) is 6. The van der Waals surface area contributed by atoms with Gasteiger partial charge >= 0.3 is 0 Å². The predicted molar refractivity (Wildman–Crippen MR) is 93.8 cm³/mol. The SMILES string of the molecule is Cc1ccc(NCCCNC(=O)C2CNCCO2)c([N+](=O)[O-])c1.Cl. The summed E-state index contributed by atoms with van der Waals surface area (Å²) in [5.41, 5.74) is 1.40. The summed E-state index contributed by atoms with van der Waals surface area (Å²) in [6.07, 6.45) is 0.228. The molecule has 0 spiro atoms. The van der Waals surface area contributed by atoms with E-state index in [4.69, 9.17) is 4.74 Å². The lowest BCUT2D eigenvalue weighted by Crippen LogP contribution is -2.48.